The Hall–Kier alpha value is -2.14. The lowest BCUT2D eigenvalue weighted by Gasteiger charge is -2.07. The number of benzene rings is 1. The van der Waals surface area contributed by atoms with Crippen LogP contribution in [0.25, 0.3) is 6.08 Å². The number of carboxylic acids is 1. The molecular formula is C14H13NO3S. The van der Waals surface area contributed by atoms with Crippen molar-refractivity contribution in [1.29, 1.82) is 0 Å². The zero-order valence-corrected chi connectivity index (χ0v) is 11.2. The van der Waals surface area contributed by atoms with E-state index in [0.29, 0.717) is 12.4 Å². The van der Waals surface area contributed by atoms with E-state index in [2.05, 4.69) is 4.98 Å². The van der Waals surface area contributed by atoms with E-state index in [9.17, 15) is 4.79 Å². The minimum atomic E-state index is -0.979. The van der Waals surface area contributed by atoms with Gasteiger partial charge in [-0.1, -0.05) is 18.2 Å². The zero-order valence-electron chi connectivity index (χ0n) is 10.4. The molecular weight excluding hydrogens is 262 g/mol. The maximum Gasteiger partial charge on any atom is 0.328 e. The predicted molar refractivity (Wildman–Crippen MR) is 74.3 cm³/mol. The van der Waals surface area contributed by atoms with E-state index in [1.54, 1.807) is 17.5 Å². The summed E-state index contributed by atoms with van der Waals surface area (Å²) in [5.74, 6) is -0.320. The Balaban J connectivity index is 2.09. The van der Waals surface area contributed by atoms with Gasteiger partial charge in [-0.25, -0.2) is 9.78 Å². The molecule has 0 saturated carbocycles. The Morgan fingerprint density at radius 3 is 2.95 bits per heavy atom. The second-order valence-electron chi connectivity index (χ2n) is 3.84. The monoisotopic (exact) mass is 275 g/mol. The minimum Gasteiger partial charge on any atom is -0.487 e. The van der Waals surface area contributed by atoms with Gasteiger partial charge in [0.1, 0.15) is 12.4 Å². The maximum absolute atomic E-state index is 10.5. The van der Waals surface area contributed by atoms with E-state index < -0.39 is 5.97 Å². The molecule has 1 N–H and O–H groups in total. The summed E-state index contributed by atoms with van der Waals surface area (Å²) in [4.78, 5) is 15.7. The molecule has 0 aliphatic rings. The molecule has 4 nitrogen and oxygen atoms in total. The van der Waals surface area contributed by atoms with Crippen LogP contribution in [0.4, 0.5) is 0 Å². The lowest BCUT2D eigenvalue weighted by atomic mass is 10.2. The zero-order chi connectivity index (χ0) is 13.7. The van der Waals surface area contributed by atoms with E-state index in [4.69, 9.17) is 9.84 Å². The highest BCUT2D eigenvalue weighted by atomic mass is 32.1. The average molecular weight is 275 g/mol. The summed E-state index contributed by atoms with van der Waals surface area (Å²) < 4.78 is 5.70. The van der Waals surface area contributed by atoms with Crippen LogP contribution in [0, 0.1) is 6.92 Å². The fourth-order valence-corrected chi connectivity index (χ4v) is 2.24. The van der Waals surface area contributed by atoms with E-state index in [-0.39, 0.29) is 0 Å². The third-order valence-corrected chi connectivity index (χ3v) is 3.25. The van der Waals surface area contributed by atoms with Crippen molar-refractivity contribution in [2.75, 3.05) is 0 Å². The minimum absolute atomic E-state index is 0.434. The molecule has 0 aliphatic heterocycles. The van der Waals surface area contributed by atoms with Crippen molar-refractivity contribution in [2.24, 2.45) is 0 Å². The number of hydrogen-bond donors (Lipinski definition) is 1. The number of thiazole rings is 1. The molecule has 0 spiro atoms. The molecule has 0 atom stereocenters. The van der Waals surface area contributed by atoms with Gasteiger partial charge in [0.2, 0.25) is 0 Å². The lowest BCUT2D eigenvalue weighted by molar-refractivity contribution is -0.131. The van der Waals surface area contributed by atoms with Crippen LogP contribution in [0.15, 0.2) is 36.5 Å². The lowest BCUT2D eigenvalue weighted by Crippen LogP contribution is -1.95. The molecule has 1 aromatic carbocycles. The first-order valence-electron chi connectivity index (χ1n) is 5.69. The topological polar surface area (TPSA) is 59.4 Å². The van der Waals surface area contributed by atoms with Gasteiger partial charge in [0.15, 0.2) is 0 Å². The largest absolute Gasteiger partial charge is 0.487 e. The summed E-state index contributed by atoms with van der Waals surface area (Å²) in [6, 6.07) is 7.32. The third kappa shape index (κ3) is 3.93. The number of carboxylic acid groups (broad SMARTS) is 1. The average Bonchev–Trinajstić information content (AvgIpc) is 2.80. The highest BCUT2D eigenvalue weighted by Crippen LogP contribution is 2.22. The second-order valence-corrected chi connectivity index (χ2v) is 5.16. The van der Waals surface area contributed by atoms with Gasteiger partial charge in [0, 0.05) is 17.8 Å². The van der Waals surface area contributed by atoms with Gasteiger partial charge in [0.05, 0.1) is 9.88 Å². The van der Waals surface area contributed by atoms with Crippen molar-refractivity contribution in [3.05, 3.63) is 52.0 Å². The van der Waals surface area contributed by atoms with Crippen molar-refractivity contribution in [1.82, 2.24) is 4.98 Å². The number of para-hydroxylation sites is 1. The maximum atomic E-state index is 10.5. The SMILES string of the molecule is Cc1ncc(COc2ccccc2C=CC(=O)O)s1. The molecule has 0 bridgehead atoms. The third-order valence-electron chi connectivity index (χ3n) is 2.36. The first-order chi connectivity index (χ1) is 9.15. The Kier molecular flexibility index (Phi) is 4.30. The standard InChI is InChI=1S/C14H13NO3S/c1-10-15-8-12(19-10)9-18-13-5-3-2-4-11(13)6-7-14(16)17/h2-8H,9H2,1H3,(H,16,17). The Morgan fingerprint density at radius 2 is 2.26 bits per heavy atom. The fraction of sp³-hybridized carbons (Fsp3) is 0.143. The molecule has 0 saturated heterocycles. The van der Waals surface area contributed by atoms with Gasteiger partial charge >= 0.3 is 5.97 Å². The van der Waals surface area contributed by atoms with Gasteiger partial charge in [-0.2, -0.15) is 0 Å². The molecule has 0 radical (unpaired) electrons. The number of rotatable bonds is 5. The molecule has 2 rings (SSSR count). The molecule has 0 aliphatic carbocycles. The summed E-state index contributed by atoms with van der Waals surface area (Å²) in [5, 5.41) is 9.64. The van der Waals surface area contributed by atoms with Crippen LogP contribution in [0.1, 0.15) is 15.4 Å². The summed E-state index contributed by atoms with van der Waals surface area (Å²) in [5.41, 5.74) is 0.742. The van der Waals surface area contributed by atoms with Gasteiger partial charge < -0.3 is 9.84 Å². The van der Waals surface area contributed by atoms with Crippen LogP contribution in [0.3, 0.4) is 0 Å². The highest BCUT2D eigenvalue weighted by Gasteiger charge is 2.03. The molecule has 98 valence electrons. The number of aryl methyl sites for hydroxylation is 1. The predicted octanol–water partition coefficient (Wildman–Crippen LogP) is 3.13. The van der Waals surface area contributed by atoms with Gasteiger partial charge in [0.25, 0.3) is 0 Å². The Morgan fingerprint density at radius 1 is 1.47 bits per heavy atom. The number of carbonyl (C=O) groups is 1. The fourth-order valence-electron chi connectivity index (χ4n) is 1.53. The number of nitrogens with zero attached hydrogens (tertiary/aromatic N) is 1. The van der Waals surface area contributed by atoms with Crippen molar-refractivity contribution in [3.63, 3.8) is 0 Å². The first kappa shape index (κ1) is 13.3. The molecule has 2 aromatic rings. The van der Waals surface area contributed by atoms with E-state index in [1.165, 1.54) is 6.08 Å². The molecule has 19 heavy (non-hydrogen) atoms. The Bertz CT molecular complexity index is 604. The van der Waals surface area contributed by atoms with Gasteiger partial charge in [-0.05, 0) is 19.1 Å². The van der Waals surface area contributed by atoms with Crippen LogP contribution >= 0.6 is 11.3 Å². The number of aliphatic carboxylic acids is 1. The van der Waals surface area contributed by atoms with Crippen molar-refractivity contribution >= 4 is 23.4 Å². The molecule has 0 amide bonds. The van der Waals surface area contributed by atoms with Crippen LogP contribution in [0.5, 0.6) is 5.75 Å². The Labute approximate surface area is 115 Å². The van der Waals surface area contributed by atoms with Gasteiger partial charge in [-0.3, -0.25) is 0 Å². The van der Waals surface area contributed by atoms with Crippen molar-refractivity contribution in [2.45, 2.75) is 13.5 Å². The molecule has 1 heterocycles. The summed E-state index contributed by atoms with van der Waals surface area (Å²) in [6.45, 7) is 2.38. The van der Waals surface area contributed by atoms with E-state index in [0.717, 1.165) is 21.5 Å². The number of hydrogen-bond acceptors (Lipinski definition) is 4. The summed E-state index contributed by atoms with van der Waals surface area (Å²) in [7, 11) is 0. The molecule has 5 heteroatoms. The molecule has 0 fully saturated rings. The van der Waals surface area contributed by atoms with Crippen LogP contribution in [-0.4, -0.2) is 16.1 Å². The number of aromatic nitrogens is 1. The molecule has 1 aromatic heterocycles. The van der Waals surface area contributed by atoms with Crippen molar-refractivity contribution < 1.29 is 14.6 Å². The summed E-state index contributed by atoms with van der Waals surface area (Å²) in [6.07, 6.45) is 4.41. The smallest absolute Gasteiger partial charge is 0.328 e. The van der Waals surface area contributed by atoms with Crippen molar-refractivity contribution in [3.8, 4) is 5.75 Å². The van der Waals surface area contributed by atoms with Crippen LogP contribution in [-0.2, 0) is 11.4 Å². The van der Waals surface area contributed by atoms with Crippen LogP contribution < -0.4 is 4.74 Å². The summed E-state index contributed by atoms with van der Waals surface area (Å²) >= 11 is 1.58. The quantitative estimate of drug-likeness (QED) is 0.852. The number of ether oxygens (including phenoxy) is 1. The highest BCUT2D eigenvalue weighted by molar-refractivity contribution is 7.11. The first-order valence-corrected chi connectivity index (χ1v) is 6.51. The molecule has 0 unspecified atom stereocenters. The van der Waals surface area contributed by atoms with Gasteiger partial charge in [-0.15, -0.1) is 11.3 Å². The van der Waals surface area contributed by atoms with E-state index in [1.807, 2.05) is 31.2 Å². The normalized spacial score (nSPS) is 10.8. The second kappa shape index (κ2) is 6.15. The van der Waals surface area contributed by atoms with Crippen LogP contribution in [0.2, 0.25) is 0 Å². The van der Waals surface area contributed by atoms with E-state index >= 15 is 0 Å².